The number of carbonyl (C=O) groups excluding carboxylic acids is 1. The number of nitrogens with one attached hydrogen (secondary N) is 2. The lowest BCUT2D eigenvalue weighted by molar-refractivity contribution is -1.11. The lowest BCUT2D eigenvalue weighted by Gasteiger charge is -2.33. The molecule has 4 rings (SSSR count). The Morgan fingerprint density at radius 1 is 1.10 bits per heavy atom. The Balaban J connectivity index is 1.25. The van der Waals surface area contributed by atoms with Gasteiger partial charge in [-0.1, -0.05) is 37.8 Å². The standard InChI is InChI=1S/C29H33FN4O5/c1-29(2,3)26-20-27(33-39-26)32-28(35)31-23-10-6-21(7-11-23)5-8-22-9-12-24(19-25(22)30)38-16-4-13-34(36)14-17-37-18-15-34/h6-7,9-12,19-20,36H,4,13-18H2,1-3H3,(H-,31,32,33,35)/p+1. The number of nitrogens with zero attached hydrogens (tertiary/aromatic N) is 2. The van der Waals surface area contributed by atoms with Crippen molar-refractivity contribution in [2.24, 2.45) is 0 Å². The Bertz CT molecular complexity index is 1330. The quantitative estimate of drug-likeness (QED) is 0.218. The molecule has 2 heterocycles. The molecular weight excluding hydrogens is 503 g/mol. The monoisotopic (exact) mass is 537 g/mol. The van der Waals surface area contributed by atoms with Crippen LogP contribution in [0.4, 0.5) is 20.7 Å². The molecule has 39 heavy (non-hydrogen) atoms. The van der Waals surface area contributed by atoms with Gasteiger partial charge in [-0.05, 0) is 36.4 Å². The van der Waals surface area contributed by atoms with Crippen molar-refractivity contribution < 1.29 is 33.0 Å². The number of amides is 2. The third kappa shape index (κ3) is 8.29. The van der Waals surface area contributed by atoms with Crippen molar-refractivity contribution in [1.29, 1.82) is 0 Å². The number of urea groups is 1. The van der Waals surface area contributed by atoms with Crippen LogP contribution in [0.2, 0.25) is 0 Å². The second-order valence-electron chi connectivity index (χ2n) is 10.5. The summed E-state index contributed by atoms with van der Waals surface area (Å²) in [5, 5.41) is 19.7. The number of benzene rings is 2. The van der Waals surface area contributed by atoms with E-state index < -0.39 is 11.8 Å². The number of halogens is 1. The summed E-state index contributed by atoms with van der Waals surface area (Å²) < 4.78 is 30.7. The van der Waals surface area contributed by atoms with Gasteiger partial charge in [-0.3, -0.25) is 5.32 Å². The number of rotatable bonds is 7. The molecule has 3 aromatic rings. The van der Waals surface area contributed by atoms with Gasteiger partial charge >= 0.3 is 6.03 Å². The topological polar surface area (TPSA) is 106 Å². The van der Waals surface area contributed by atoms with Crippen molar-refractivity contribution >= 4 is 17.5 Å². The number of aromatic nitrogens is 1. The van der Waals surface area contributed by atoms with Gasteiger partial charge in [-0.25, -0.2) is 14.4 Å². The third-order valence-electron chi connectivity index (χ3n) is 6.21. The number of carbonyl (C=O) groups is 1. The predicted octanol–water partition coefficient (Wildman–Crippen LogP) is 5.16. The third-order valence-corrected chi connectivity index (χ3v) is 6.21. The highest BCUT2D eigenvalue weighted by molar-refractivity contribution is 5.99. The van der Waals surface area contributed by atoms with Crippen LogP contribution in [0.1, 0.15) is 44.1 Å². The molecule has 1 saturated heterocycles. The summed E-state index contributed by atoms with van der Waals surface area (Å²) in [4.78, 5) is 12.3. The highest BCUT2D eigenvalue weighted by atomic mass is 19.1. The van der Waals surface area contributed by atoms with Crippen LogP contribution in [0.3, 0.4) is 0 Å². The summed E-state index contributed by atoms with van der Waals surface area (Å²) in [6, 6.07) is 12.7. The van der Waals surface area contributed by atoms with Gasteiger partial charge in [0.2, 0.25) is 0 Å². The second kappa shape index (κ2) is 12.3. The molecule has 1 aromatic heterocycles. The first-order valence-corrected chi connectivity index (χ1v) is 12.9. The van der Waals surface area contributed by atoms with E-state index in [-0.39, 0.29) is 15.6 Å². The van der Waals surface area contributed by atoms with E-state index in [4.69, 9.17) is 14.0 Å². The Morgan fingerprint density at radius 3 is 2.51 bits per heavy atom. The van der Waals surface area contributed by atoms with Gasteiger partial charge in [-0.15, -0.1) is 0 Å². The fourth-order valence-corrected chi connectivity index (χ4v) is 3.88. The van der Waals surface area contributed by atoms with E-state index in [1.807, 2.05) is 20.8 Å². The SMILES string of the molecule is CC(C)(C)c1cc(NC(=O)Nc2ccc(C#Cc3ccc(OCCC[N+]4(O)CCOCC4)cc3F)cc2)no1. The Morgan fingerprint density at radius 2 is 1.85 bits per heavy atom. The molecule has 0 bridgehead atoms. The van der Waals surface area contributed by atoms with Crippen molar-refractivity contribution in [2.75, 3.05) is 50.1 Å². The van der Waals surface area contributed by atoms with E-state index >= 15 is 0 Å². The largest absolute Gasteiger partial charge is 0.493 e. The molecule has 2 aromatic carbocycles. The van der Waals surface area contributed by atoms with Crippen molar-refractivity contribution in [3.63, 3.8) is 0 Å². The molecule has 0 unspecified atom stereocenters. The smallest absolute Gasteiger partial charge is 0.324 e. The van der Waals surface area contributed by atoms with E-state index in [0.29, 0.717) is 74.5 Å². The number of hydrogen-bond donors (Lipinski definition) is 3. The number of quaternary nitrogens is 1. The first kappa shape index (κ1) is 28.1. The number of hydrogen-bond acceptors (Lipinski definition) is 6. The highest BCUT2D eigenvalue weighted by Crippen LogP contribution is 2.24. The van der Waals surface area contributed by atoms with Gasteiger partial charge in [0.1, 0.15) is 37.0 Å². The minimum Gasteiger partial charge on any atom is -0.493 e. The average Bonchev–Trinajstić information content (AvgIpc) is 3.36. The fourth-order valence-electron chi connectivity index (χ4n) is 3.88. The summed E-state index contributed by atoms with van der Waals surface area (Å²) in [5.74, 6) is 6.69. The highest BCUT2D eigenvalue weighted by Gasteiger charge is 2.28. The van der Waals surface area contributed by atoms with Crippen molar-refractivity contribution in [2.45, 2.75) is 32.6 Å². The van der Waals surface area contributed by atoms with Gasteiger partial charge in [0, 0.05) is 35.2 Å². The van der Waals surface area contributed by atoms with E-state index in [1.165, 1.54) is 6.07 Å². The molecule has 10 heteroatoms. The van der Waals surface area contributed by atoms with E-state index in [0.717, 1.165) is 0 Å². The molecular formula is C29H34FN4O5+. The first-order chi connectivity index (χ1) is 18.6. The molecule has 3 N–H and O–H groups in total. The second-order valence-corrected chi connectivity index (χ2v) is 10.5. The molecule has 0 aliphatic carbocycles. The van der Waals surface area contributed by atoms with Crippen LogP contribution in [-0.2, 0) is 10.2 Å². The molecule has 206 valence electrons. The zero-order chi connectivity index (χ0) is 27.9. The van der Waals surface area contributed by atoms with E-state index in [2.05, 4.69) is 27.6 Å². The fraction of sp³-hybridized carbons (Fsp3) is 0.379. The minimum atomic E-state index is -0.476. The molecule has 0 spiro atoms. The minimum absolute atomic E-state index is 0.0162. The average molecular weight is 538 g/mol. The summed E-state index contributed by atoms with van der Waals surface area (Å²) in [6.07, 6.45) is 0.643. The summed E-state index contributed by atoms with van der Waals surface area (Å²) in [7, 11) is 0. The lowest BCUT2D eigenvalue weighted by atomic mass is 9.93. The van der Waals surface area contributed by atoms with Gasteiger partial charge in [0.05, 0.1) is 25.4 Å². The van der Waals surface area contributed by atoms with Crippen molar-refractivity contribution in [3.05, 3.63) is 71.2 Å². The predicted molar refractivity (Wildman–Crippen MR) is 144 cm³/mol. The first-order valence-electron chi connectivity index (χ1n) is 12.9. The Kier molecular flexibility index (Phi) is 8.86. The Labute approximate surface area is 227 Å². The van der Waals surface area contributed by atoms with Gasteiger partial charge in [-0.2, -0.15) is 4.65 Å². The lowest BCUT2D eigenvalue weighted by Crippen LogP contribution is -2.53. The molecule has 0 radical (unpaired) electrons. The van der Waals surface area contributed by atoms with E-state index in [1.54, 1.807) is 42.5 Å². The van der Waals surface area contributed by atoms with Gasteiger partial charge in [0.25, 0.3) is 0 Å². The van der Waals surface area contributed by atoms with Crippen LogP contribution in [0.15, 0.2) is 53.1 Å². The maximum Gasteiger partial charge on any atom is 0.324 e. The maximum absolute atomic E-state index is 14.6. The number of ether oxygens (including phenoxy) is 2. The summed E-state index contributed by atoms with van der Waals surface area (Å²) >= 11 is 0. The molecule has 0 saturated carbocycles. The summed E-state index contributed by atoms with van der Waals surface area (Å²) in [5.41, 5.74) is 1.26. The van der Waals surface area contributed by atoms with Crippen molar-refractivity contribution in [3.8, 4) is 17.6 Å². The molecule has 2 amide bonds. The van der Waals surface area contributed by atoms with Gasteiger partial charge < -0.3 is 19.3 Å². The maximum atomic E-state index is 14.6. The molecule has 1 fully saturated rings. The molecule has 9 nitrogen and oxygen atoms in total. The number of hydroxylamine groups is 3. The van der Waals surface area contributed by atoms with Crippen LogP contribution in [0, 0.1) is 17.7 Å². The van der Waals surface area contributed by atoms with Gasteiger partial charge in [0.15, 0.2) is 5.82 Å². The molecule has 1 aliphatic rings. The zero-order valence-corrected chi connectivity index (χ0v) is 22.4. The van der Waals surface area contributed by atoms with Crippen LogP contribution in [-0.4, -0.2) is 60.5 Å². The normalized spacial score (nSPS) is 14.7. The van der Waals surface area contributed by atoms with Crippen LogP contribution in [0.25, 0.3) is 0 Å². The molecule has 0 atom stereocenters. The number of anilines is 2. The van der Waals surface area contributed by atoms with Crippen molar-refractivity contribution in [1.82, 2.24) is 5.16 Å². The van der Waals surface area contributed by atoms with Crippen LogP contribution in [0.5, 0.6) is 5.75 Å². The number of morpholine rings is 1. The zero-order valence-electron chi connectivity index (χ0n) is 22.4. The van der Waals surface area contributed by atoms with E-state index in [9.17, 15) is 14.4 Å². The summed E-state index contributed by atoms with van der Waals surface area (Å²) in [6.45, 7) is 9.14. The molecule has 1 aliphatic heterocycles. The van der Waals surface area contributed by atoms with Crippen LogP contribution >= 0.6 is 0 Å². The van der Waals surface area contributed by atoms with Crippen LogP contribution < -0.4 is 15.4 Å². The Hall–Kier alpha value is -3.91.